The van der Waals surface area contributed by atoms with Crippen LogP contribution >= 0.6 is 11.6 Å². The Hall–Kier alpha value is -0.320. The van der Waals surface area contributed by atoms with Crippen LogP contribution < -0.4 is 0 Å². The number of carbonyl (C=O) groups excluding carboxylic acids is 1. The van der Waals surface area contributed by atoms with Gasteiger partial charge >= 0.3 is 5.97 Å². The van der Waals surface area contributed by atoms with E-state index in [4.69, 9.17) is 16.3 Å². The fraction of sp³-hybridized carbons (Fsp3) is 0.909. The lowest BCUT2D eigenvalue weighted by atomic mass is 10.1. The van der Waals surface area contributed by atoms with E-state index in [0.29, 0.717) is 12.3 Å². The maximum atomic E-state index is 11.3. The molecule has 4 nitrogen and oxygen atoms in total. The molecule has 0 aliphatic heterocycles. The van der Waals surface area contributed by atoms with E-state index in [1.54, 1.807) is 20.8 Å². The molecular weight excluding hydrogens is 232 g/mol. The summed E-state index contributed by atoms with van der Waals surface area (Å²) >= 11 is 5.44. The highest BCUT2D eigenvalue weighted by atomic mass is 35.5. The fourth-order valence-electron chi connectivity index (χ4n) is 1.22. The number of aliphatic hydroxyl groups excluding tert-OH is 2. The molecule has 0 aliphatic carbocycles. The Morgan fingerprint density at radius 1 is 1.31 bits per heavy atom. The summed E-state index contributed by atoms with van der Waals surface area (Å²) in [5.41, 5.74) is -0.550. The van der Waals surface area contributed by atoms with Gasteiger partial charge in [-0.15, -0.1) is 11.6 Å². The molecule has 0 aromatic carbocycles. The predicted molar refractivity (Wildman–Crippen MR) is 62.4 cm³/mol. The maximum absolute atomic E-state index is 11.3. The molecule has 0 unspecified atom stereocenters. The first kappa shape index (κ1) is 15.7. The summed E-state index contributed by atoms with van der Waals surface area (Å²) in [6.07, 6.45) is -1.10. The molecule has 0 radical (unpaired) electrons. The number of hydrogen-bond acceptors (Lipinski definition) is 4. The first-order chi connectivity index (χ1) is 7.24. The topological polar surface area (TPSA) is 66.8 Å². The molecule has 16 heavy (non-hydrogen) atoms. The van der Waals surface area contributed by atoms with E-state index in [1.165, 1.54) is 0 Å². The Morgan fingerprint density at radius 3 is 2.31 bits per heavy atom. The number of halogens is 1. The lowest BCUT2D eigenvalue weighted by Gasteiger charge is -2.21. The van der Waals surface area contributed by atoms with Crippen LogP contribution in [-0.2, 0) is 9.53 Å². The third-order valence-electron chi connectivity index (χ3n) is 1.81. The van der Waals surface area contributed by atoms with Gasteiger partial charge in [0.2, 0.25) is 0 Å². The zero-order chi connectivity index (χ0) is 12.8. The second kappa shape index (κ2) is 7.09. The molecule has 5 heteroatoms. The molecule has 0 saturated heterocycles. The third kappa shape index (κ3) is 8.95. The minimum atomic E-state index is -0.881. The van der Waals surface area contributed by atoms with Crippen LogP contribution in [0, 0.1) is 0 Å². The van der Waals surface area contributed by atoms with E-state index in [2.05, 4.69) is 0 Å². The molecule has 0 bridgehead atoms. The van der Waals surface area contributed by atoms with E-state index in [-0.39, 0.29) is 12.8 Å². The van der Waals surface area contributed by atoms with Gasteiger partial charge in [-0.2, -0.15) is 0 Å². The van der Waals surface area contributed by atoms with Gasteiger partial charge in [0.05, 0.1) is 18.6 Å². The molecule has 2 atom stereocenters. The molecule has 0 amide bonds. The third-order valence-corrected chi connectivity index (χ3v) is 2.03. The maximum Gasteiger partial charge on any atom is 0.308 e. The van der Waals surface area contributed by atoms with Gasteiger partial charge < -0.3 is 14.9 Å². The van der Waals surface area contributed by atoms with Crippen LogP contribution in [-0.4, -0.2) is 39.9 Å². The molecular formula is C11H21ClO4. The molecule has 0 aromatic rings. The van der Waals surface area contributed by atoms with Crippen molar-refractivity contribution in [1.82, 2.24) is 0 Å². The van der Waals surface area contributed by atoms with Crippen LogP contribution in [0.1, 0.15) is 40.0 Å². The van der Waals surface area contributed by atoms with Crippen molar-refractivity contribution < 1.29 is 19.7 Å². The number of ether oxygens (including phenoxy) is 1. The van der Waals surface area contributed by atoms with E-state index in [1.807, 2.05) is 0 Å². The van der Waals surface area contributed by atoms with Gasteiger partial charge in [-0.05, 0) is 33.6 Å². The SMILES string of the molecule is CC(C)(C)OC(=O)C[C@H](O)C[C@H](O)CCCl. The van der Waals surface area contributed by atoms with Crippen LogP contribution in [0.2, 0.25) is 0 Å². The average Bonchev–Trinajstić information content (AvgIpc) is 1.98. The lowest BCUT2D eigenvalue weighted by molar-refractivity contribution is -0.157. The Kier molecular flexibility index (Phi) is 6.95. The molecule has 0 aliphatic rings. The number of esters is 1. The average molecular weight is 253 g/mol. The standard InChI is InChI=1S/C11H21ClO4/c1-11(2,3)16-10(15)7-9(14)6-8(13)4-5-12/h8-9,13-14H,4-7H2,1-3H3/t8-,9-/m1/s1. The highest BCUT2D eigenvalue weighted by Crippen LogP contribution is 2.12. The summed E-state index contributed by atoms with van der Waals surface area (Å²) < 4.78 is 5.04. The second-order valence-electron chi connectivity index (χ2n) is 4.81. The first-order valence-electron chi connectivity index (χ1n) is 5.38. The van der Waals surface area contributed by atoms with Gasteiger partial charge in [0, 0.05) is 5.88 Å². The summed E-state index contributed by atoms with van der Waals surface area (Å²) in [6, 6.07) is 0. The van der Waals surface area contributed by atoms with E-state index < -0.39 is 23.8 Å². The van der Waals surface area contributed by atoms with Gasteiger partial charge in [-0.25, -0.2) is 0 Å². The Labute approximate surface area is 102 Å². The van der Waals surface area contributed by atoms with Crippen molar-refractivity contribution in [3.63, 3.8) is 0 Å². The van der Waals surface area contributed by atoms with Gasteiger partial charge in [0.15, 0.2) is 0 Å². The molecule has 0 saturated carbocycles. The van der Waals surface area contributed by atoms with Crippen molar-refractivity contribution in [2.75, 3.05) is 5.88 Å². The second-order valence-corrected chi connectivity index (χ2v) is 5.19. The van der Waals surface area contributed by atoms with Gasteiger partial charge in [0.1, 0.15) is 5.60 Å². The summed E-state index contributed by atoms with van der Waals surface area (Å²) in [5, 5.41) is 18.9. The highest BCUT2D eigenvalue weighted by molar-refractivity contribution is 6.17. The molecule has 2 N–H and O–H groups in total. The molecule has 0 aromatic heterocycles. The summed E-state index contributed by atoms with van der Waals surface area (Å²) in [6.45, 7) is 5.29. The summed E-state index contributed by atoms with van der Waals surface area (Å²) in [4.78, 5) is 11.3. The number of carbonyl (C=O) groups is 1. The van der Waals surface area contributed by atoms with Crippen LogP contribution in [0.25, 0.3) is 0 Å². The highest BCUT2D eigenvalue weighted by Gasteiger charge is 2.20. The van der Waals surface area contributed by atoms with Gasteiger partial charge in [-0.3, -0.25) is 4.79 Å². The minimum Gasteiger partial charge on any atom is -0.460 e. The smallest absolute Gasteiger partial charge is 0.308 e. The van der Waals surface area contributed by atoms with Crippen LogP contribution in [0.3, 0.4) is 0 Å². The van der Waals surface area contributed by atoms with Gasteiger partial charge in [0.25, 0.3) is 0 Å². The normalized spacial score (nSPS) is 15.6. The van der Waals surface area contributed by atoms with Crippen LogP contribution in [0.4, 0.5) is 0 Å². The van der Waals surface area contributed by atoms with E-state index >= 15 is 0 Å². The van der Waals surface area contributed by atoms with Crippen molar-refractivity contribution in [1.29, 1.82) is 0 Å². The fourth-order valence-corrected chi connectivity index (χ4v) is 1.47. The predicted octanol–water partition coefficient (Wildman–Crippen LogP) is 1.46. The number of hydrogen-bond donors (Lipinski definition) is 2. The Balaban J connectivity index is 3.87. The van der Waals surface area contributed by atoms with Crippen molar-refractivity contribution in [3.05, 3.63) is 0 Å². The van der Waals surface area contributed by atoms with E-state index in [0.717, 1.165) is 0 Å². The number of alkyl halides is 1. The van der Waals surface area contributed by atoms with Crippen LogP contribution in [0.15, 0.2) is 0 Å². The largest absolute Gasteiger partial charge is 0.460 e. The molecule has 96 valence electrons. The van der Waals surface area contributed by atoms with Crippen molar-refractivity contribution in [2.24, 2.45) is 0 Å². The molecule has 0 heterocycles. The monoisotopic (exact) mass is 252 g/mol. The summed E-state index contributed by atoms with van der Waals surface area (Å²) in [7, 11) is 0. The molecule has 0 spiro atoms. The quantitative estimate of drug-likeness (QED) is 0.555. The summed E-state index contributed by atoms with van der Waals surface area (Å²) in [5.74, 6) is -0.126. The van der Waals surface area contributed by atoms with Crippen molar-refractivity contribution in [3.8, 4) is 0 Å². The molecule has 0 fully saturated rings. The number of aliphatic hydroxyl groups is 2. The van der Waals surface area contributed by atoms with Crippen molar-refractivity contribution in [2.45, 2.75) is 57.8 Å². The minimum absolute atomic E-state index is 0.101. The zero-order valence-corrected chi connectivity index (χ0v) is 10.8. The Morgan fingerprint density at radius 2 is 1.88 bits per heavy atom. The lowest BCUT2D eigenvalue weighted by Crippen LogP contribution is -2.28. The van der Waals surface area contributed by atoms with E-state index in [9.17, 15) is 15.0 Å². The first-order valence-corrected chi connectivity index (χ1v) is 5.92. The zero-order valence-electron chi connectivity index (χ0n) is 10.1. The van der Waals surface area contributed by atoms with Gasteiger partial charge in [-0.1, -0.05) is 0 Å². The van der Waals surface area contributed by atoms with Crippen molar-refractivity contribution >= 4 is 17.6 Å². The molecule has 0 rings (SSSR count). The Bertz CT molecular complexity index is 213. The number of rotatable bonds is 6. The van der Waals surface area contributed by atoms with Crippen LogP contribution in [0.5, 0.6) is 0 Å².